The summed E-state index contributed by atoms with van der Waals surface area (Å²) in [6.45, 7) is 2.01. The minimum absolute atomic E-state index is 0.0490. The summed E-state index contributed by atoms with van der Waals surface area (Å²) in [6, 6.07) is 4.99. The first-order valence-electron chi connectivity index (χ1n) is 9.36. The number of nitrogens with one attached hydrogen (secondary N) is 3. The molecule has 144 valence electrons. The minimum atomic E-state index is -0.845. The molecule has 0 saturated carbocycles. The van der Waals surface area contributed by atoms with Gasteiger partial charge < -0.3 is 15.5 Å². The maximum absolute atomic E-state index is 13.5. The number of halogens is 1. The van der Waals surface area contributed by atoms with E-state index in [0.717, 1.165) is 17.7 Å². The van der Waals surface area contributed by atoms with E-state index in [0.29, 0.717) is 38.0 Å². The van der Waals surface area contributed by atoms with E-state index >= 15 is 0 Å². The smallest absolute Gasteiger partial charge is 0.255 e. The van der Waals surface area contributed by atoms with Crippen LogP contribution in [0.3, 0.4) is 0 Å². The number of rotatable bonds is 4. The molecule has 3 aliphatic rings. The molecule has 4 rings (SSSR count). The predicted octanol–water partition coefficient (Wildman–Crippen LogP) is 0.237. The molecule has 0 spiro atoms. The number of piperidine rings is 2. The molecule has 3 aliphatic heterocycles. The fraction of sp³-hybridized carbons (Fsp3) is 0.526. The Balaban J connectivity index is 1.47. The van der Waals surface area contributed by atoms with Gasteiger partial charge in [-0.25, -0.2) is 4.39 Å². The molecule has 2 fully saturated rings. The van der Waals surface area contributed by atoms with E-state index in [-0.39, 0.29) is 24.3 Å². The highest BCUT2D eigenvalue weighted by molar-refractivity contribution is 6.05. The molecular formula is C19H23FN4O3. The van der Waals surface area contributed by atoms with Crippen molar-refractivity contribution in [2.24, 2.45) is 0 Å². The molecule has 1 aromatic carbocycles. The van der Waals surface area contributed by atoms with Crippen molar-refractivity contribution < 1.29 is 18.8 Å². The number of imide groups is 1. The van der Waals surface area contributed by atoms with Gasteiger partial charge in [0, 0.05) is 44.2 Å². The minimum Gasteiger partial charge on any atom is -0.322 e. The summed E-state index contributed by atoms with van der Waals surface area (Å²) in [6.07, 6.45) is 0.221. The summed E-state index contributed by atoms with van der Waals surface area (Å²) in [7, 11) is 0. The van der Waals surface area contributed by atoms with Crippen molar-refractivity contribution >= 4 is 17.7 Å². The first-order chi connectivity index (χ1) is 13.0. The predicted molar refractivity (Wildman–Crippen MR) is 95.5 cm³/mol. The first-order valence-corrected chi connectivity index (χ1v) is 9.36. The van der Waals surface area contributed by atoms with Gasteiger partial charge in [0.2, 0.25) is 11.8 Å². The number of carbonyl (C=O) groups excluding carboxylic acids is 3. The van der Waals surface area contributed by atoms with Gasteiger partial charge in [-0.2, -0.15) is 0 Å². The SMILES string of the molecule is O=C1CCC(N2Cc3c(CN[C@H]4CNC[C@@H](F)C4)cccc3C2=O)C(=O)N1. The molecule has 0 aromatic heterocycles. The zero-order valence-electron chi connectivity index (χ0n) is 15.0. The zero-order chi connectivity index (χ0) is 19.0. The van der Waals surface area contributed by atoms with Crippen LogP contribution in [0.2, 0.25) is 0 Å². The van der Waals surface area contributed by atoms with Gasteiger partial charge in [0.05, 0.1) is 0 Å². The van der Waals surface area contributed by atoms with Crippen molar-refractivity contribution in [2.75, 3.05) is 13.1 Å². The summed E-state index contributed by atoms with van der Waals surface area (Å²) >= 11 is 0. The van der Waals surface area contributed by atoms with Crippen LogP contribution in [0.15, 0.2) is 18.2 Å². The van der Waals surface area contributed by atoms with Gasteiger partial charge in [-0.15, -0.1) is 0 Å². The number of carbonyl (C=O) groups is 3. The second-order valence-corrected chi connectivity index (χ2v) is 7.41. The lowest BCUT2D eigenvalue weighted by atomic mass is 10.0. The van der Waals surface area contributed by atoms with Gasteiger partial charge in [0.25, 0.3) is 5.91 Å². The summed E-state index contributed by atoms with van der Waals surface area (Å²) in [5.74, 6) is -0.878. The van der Waals surface area contributed by atoms with Crippen molar-refractivity contribution in [2.45, 2.75) is 50.6 Å². The van der Waals surface area contributed by atoms with E-state index in [1.807, 2.05) is 12.1 Å². The fourth-order valence-electron chi connectivity index (χ4n) is 4.11. The Morgan fingerprint density at radius 1 is 1.22 bits per heavy atom. The lowest BCUT2D eigenvalue weighted by Gasteiger charge is -2.29. The Morgan fingerprint density at radius 2 is 2.07 bits per heavy atom. The van der Waals surface area contributed by atoms with E-state index in [1.54, 1.807) is 11.0 Å². The number of benzene rings is 1. The molecule has 0 aliphatic carbocycles. The van der Waals surface area contributed by atoms with Crippen LogP contribution in [-0.4, -0.2) is 54.0 Å². The van der Waals surface area contributed by atoms with Crippen LogP contribution in [0.1, 0.15) is 40.7 Å². The third-order valence-corrected chi connectivity index (χ3v) is 5.56. The molecule has 3 atom stereocenters. The van der Waals surface area contributed by atoms with Gasteiger partial charge in [0.1, 0.15) is 12.2 Å². The Kier molecular flexibility index (Phi) is 4.92. The van der Waals surface area contributed by atoms with E-state index in [9.17, 15) is 18.8 Å². The second kappa shape index (κ2) is 7.36. The van der Waals surface area contributed by atoms with Crippen LogP contribution in [-0.2, 0) is 22.7 Å². The second-order valence-electron chi connectivity index (χ2n) is 7.41. The molecule has 0 bridgehead atoms. The van der Waals surface area contributed by atoms with Gasteiger partial charge in [-0.3, -0.25) is 19.7 Å². The van der Waals surface area contributed by atoms with Crippen molar-refractivity contribution in [1.29, 1.82) is 0 Å². The highest BCUT2D eigenvalue weighted by atomic mass is 19.1. The number of fused-ring (bicyclic) bond motifs is 1. The Morgan fingerprint density at radius 3 is 2.85 bits per heavy atom. The van der Waals surface area contributed by atoms with Crippen LogP contribution in [0.4, 0.5) is 4.39 Å². The molecule has 3 amide bonds. The van der Waals surface area contributed by atoms with Gasteiger partial charge in [-0.1, -0.05) is 12.1 Å². The lowest BCUT2D eigenvalue weighted by molar-refractivity contribution is -0.136. The van der Waals surface area contributed by atoms with Crippen LogP contribution in [0.25, 0.3) is 0 Å². The van der Waals surface area contributed by atoms with Gasteiger partial charge >= 0.3 is 0 Å². The zero-order valence-corrected chi connectivity index (χ0v) is 15.0. The lowest BCUT2D eigenvalue weighted by Crippen LogP contribution is -2.52. The average molecular weight is 374 g/mol. The summed E-state index contributed by atoms with van der Waals surface area (Å²) in [4.78, 5) is 37.9. The average Bonchev–Trinajstić information content (AvgIpc) is 2.97. The molecule has 8 heteroatoms. The van der Waals surface area contributed by atoms with Crippen LogP contribution < -0.4 is 16.0 Å². The maximum atomic E-state index is 13.5. The highest BCUT2D eigenvalue weighted by Gasteiger charge is 2.39. The molecule has 3 heterocycles. The Bertz CT molecular complexity index is 784. The largest absolute Gasteiger partial charge is 0.322 e. The monoisotopic (exact) mass is 374 g/mol. The van der Waals surface area contributed by atoms with Crippen LogP contribution in [0, 0.1) is 0 Å². The van der Waals surface area contributed by atoms with Gasteiger partial charge in [0.15, 0.2) is 0 Å². The van der Waals surface area contributed by atoms with Gasteiger partial charge in [-0.05, 0) is 30.0 Å². The number of hydrogen-bond donors (Lipinski definition) is 3. The number of alkyl halides is 1. The van der Waals surface area contributed by atoms with Crippen LogP contribution in [0.5, 0.6) is 0 Å². The third-order valence-electron chi connectivity index (χ3n) is 5.56. The number of hydrogen-bond acceptors (Lipinski definition) is 5. The Hall–Kier alpha value is -2.32. The molecular weight excluding hydrogens is 351 g/mol. The van der Waals surface area contributed by atoms with Crippen molar-refractivity contribution in [3.63, 3.8) is 0 Å². The summed E-state index contributed by atoms with van der Waals surface area (Å²) < 4.78 is 13.5. The van der Waals surface area contributed by atoms with Crippen molar-refractivity contribution in [3.8, 4) is 0 Å². The molecule has 1 aromatic rings. The van der Waals surface area contributed by atoms with Crippen molar-refractivity contribution in [1.82, 2.24) is 20.9 Å². The quantitative estimate of drug-likeness (QED) is 0.657. The van der Waals surface area contributed by atoms with Crippen molar-refractivity contribution in [3.05, 3.63) is 34.9 Å². The molecule has 7 nitrogen and oxygen atoms in total. The summed E-state index contributed by atoms with van der Waals surface area (Å²) in [5.41, 5.74) is 2.49. The normalized spacial score (nSPS) is 28.3. The number of nitrogens with zero attached hydrogens (tertiary/aromatic N) is 1. The maximum Gasteiger partial charge on any atom is 0.255 e. The summed E-state index contributed by atoms with van der Waals surface area (Å²) in [5, 5.41) is 8.75. The van der Waals surface area contributed by atoms with E-state index in [2.05, 4.69) is 16.0 Å². The topological polar surface area (TPSA) is 90.5 Å². The van der Waals surface area contributed by atoms with Crippen LogP contribution >= 0.6 is 0 Å². The van der Waals surface area contributed by atoms with E-state index < -0.39 is 18.1 Å². The fourth-order valence-corrected chi connectivity index (χ4v) is 4.11. The standard InChI is InChI=1S/C19H23FN4O3/c20-12-6-13(9-21-8-12)22-7-11-2-1-3-14-15(11)10-24(19(14)27)16-4-5-17(25)23-18(16)26/h1-3,12-13,16,21-22H,4-10H2,(H,23,25,26)/t12-,13+,16?/m0/s1. The first kappa shape index (κ1) is 18.1. The molecule has 0 radical (unpaired) electrons. The Labute approximate surface area is 156 Å². The van der Waals surface area contributed by atoms with E-state index in [1.165, 1.54) is 0 Å². The molecule has 27 heavy (non-hydrogen) atoms. The molecule has 3 N–H and O–H groups in total. The third kappa shape index (κ3) is 3.59. The van der Waals surface area contributed by atoms with E-state index in [4.69, 9.17) is 0 Å². The number of amides is 3. The molecule has 1 unspecified atom stereocenters. The molecule has 2 saturated heterocycles. The highest BCUT2D eigenvalue weighted by Crippen LogP contribution is 2.29.